The number of hydrogen-bond donors (Lipinski definition) is 0. The molecule has 0 bridgehead atoms. The minimum atomic E-state index is -0.480. The third-order valence-electron chi connectivity index (χ3n) is 4.08. The van der Waals surface area contributed by atoms with E-state index in [1.165, 1.54) is 6.07 Å². The number of benzene rings is 2. The summed E-state index contributed by atoms with van der Waals surface area (Å²) < 4.78 is 25.0. The summed E-state index contributed by atoms with van der Waals surface area (Å²) in [5.74, 6) is -0.0547. The van der Waals surface area contributed by atoms with E-state index in [0.29, 0.717) is 35.3 Å². The predicted octanol–water partition coefficient (Wildman–Crippen LogP) is 5.51. The minimum Gasteiger partial charge on any atom is -0.490 e. The van der Waals surface area contributed by atoms with Gasteiger partial charge in [-0.1, -0.05) is 29.8 Å². The lowest BCUT2D eigenvalue weighted by molar-refractivity contribution is -0.123. The van der Waals surface area contributed by atoms with E-state index in [1.54, 1.807) is 36.4 Å². The van der Waals surface area contributed by atoms with Crippen LogP contribution in [0.25, 0.3) is 6.08 Å². The van der Waals surface area contributed by atoms with Crippen molar-refractivity contribution in [1.82, 2.24) is 4.90 Å². The van der Waals surface area contributed by atoms with E-state index in [9.17, 15) is 14.0 Å². The van der Waals surface area contributed by atoms with Gasteiger partial charge in [0, 0.05) is 5.56 Å². The van der Waals surface area contributed by atoms with Gasteiger partial charge in [-0.3, -0.25) is 14.5 Å². The lowest BCUT2D eigenvalue weighted by atomic mass is 10.1. The van der Waals surface area contributed by atoms with Gasteiger partial charge in [0.05, 0.1) is 29.7 Å². The van der Waals surface area contributed by atoms with Crippen LogP contribution < -0.4 is 9.47 Å². The van der Waals surface area contributed by atoms with E-state index < -0.39 is 17.0 Å². The predicted molar refractivity (Wildman–Crippen MR) is 112 cm³/mol. The van der Waals surface area contributed by atoms with Crippen molar-refractivity contribution in [2.75, 3.05) is 13.2 Å². The zero-order chi connectivity index (χ0) is 21.0. The van der Waals surface area contributed by atoms with Gasteiger partial charge in [0.1, 0.15) is 5.82 Å². The first-order valence-corrected chi connectivity index (χ1v) is 10.2. The molecule has 8 heteroatoms. The third-order valence-corrected chi connectivity index (χ3v) is 5.27. The van der Waals surface area contributed by atoms with E-state index >= 15 is 0 Å². The lowest BCUT2D eigenvalue weighted by Gasteiger charge is -2.14. The molecule has 152 valence electrons. The van der Waals surface area contributed by atoms with Crippen molar-refractivity contribution in [1.29, 1.82) is 0 Å². The average molecular weight is 436 g/mol. The highest BCUT2D eigenvalue weighted by molar-refractivity contribution is 8.18. The first-order valence-electron chi connectivity index (χ1n) is 9.02. The van der Waals surface area contributed by atoms with Gasteiger partial charge in [-0.25, -0.2) is 4.39 Å². The van der Waals surface area contributed by atoms with Crippen molar-refractivity contribution in [2.24, 2.45) is 0 Å². The van der Waals surface area contributed by atoms with Gasteiger partial charge < -0.3 is 9.47 Å². The molecule has 2 aromatic rings. The Kier molecular flexibility index (Phi) is 6.82. The molecule has 0 aliphatic carbocycles. The molecule has 0 saturated carbocycles. The van der Waals surface area contributed by atoms with Crippen LogP contribution in [0.1, 0.15) is 25.0 Å². The highest BCUT2D eigenvalue weighted by Crippen LogP contribution is 2.39. The average Bonchev–Trinajstić information content (AvgIpc) is 2.94. The fourth-order valence-electron chi connectivity index (χ4n) is 2.80. The standard InChI is InChI=1S/C21H19ClFNO4S/c1-3-27-17-10-13(9-15(22)19(17)28-4-2)11-18-20(25)24(21(26)29-18)12-14-7-5-6-8-16(14)23/h5-11H,3-4,12H2,1-2H3/b18-11+. The molecule has 0 spiro atoms. The second-order valence-corrected chi connectivity index (χ2v) is 7.46. The highest BCUT2D eigenvalue weighted by Gasteiger charge is 2.35. The number of hydrogen-bond acceptors (Lipinski definition) is 5. The summed E-state index contributed by atoms with van der Waals surface area (Å²) in [6.45, 7) is 4.39. The Bertz CT molecular complexity index is 979. The number of rotatable bonds is 7. The molecule has 29 heavy (non-hydrogen) atoms. The number of carbonyl (C=O) groups is 2. The van der Waals surface area contributed by atoms with Crippen LogP contribution in [-0.2, 0) is 11.3 Å². The highest BCUT2D eigenvalue weighted by atomic mass is 35.5. The monoisotopic (exact) mass is 435 g/mol. The molecule has 0 atom stereocenters. The molecule has 1 fully saturated rings. The van der Waals surface area contributed by atoms with Gasteiger partial charge >= 0.3 is 0 Å². The van der Waals surface area contributed by atoms with Gasteiger partial charge in [-0.2, -0.15) is 0 Å². The lowest BCUT2D eigenvalue weighted by Crippen LogP contribution is -2.27. The molecule has 1 heterocycles. The molecule has 3 rings (SSSR count). The van der Waals surface area contributed by atoms with E-state index in [1.807, 2.05) is 13.8 Å². The van der Waals surface area contributed by atoms with Crippen molar-refractivity contribution in [3.8, 4) is 11.5 Å². The van der Waals surface area contributed by atoms with Crippen LogP contribution in [0.2, 0.25) is 5.02 Å². The third kappa shape index (κ3) is 4.74. The Hall–Kier alpha value is -2.51. The van der Waals surface area contributed by atoms with Gasteiger partial charge in [-0.05, 0) is 55.4 Å². The van der Waals surface area contributed by atoms with Crippen molar-refractivity contribution in [3.63, 3.8) is 0 Å². The normalized spacial score (nSPS) is 15.3. The van der Waals surface area contributed by atoms with Crippen LogP contribution in [0.15, 0.2) is 41.3 Å². The number of nitrogens with zero attached hydrogens (tertiary/aromatic N) is 1. The molecule has 1 saturated heterocycles. The SMILES string of the molecule is CCOc1cc(/C=C2/SC(=O)N(Cc3ccccc3F)C2=O)cc(Cl)c1OCC. The van der Waals surface area contributed by atoms with Crippen molar-refractivity contribution >= 4 is 40.6 Å². The van der Waals surface area contributed by atoms with Gasteiger partial charge in [0.15, 0.2) is 11.5 Å². The van der Waals surface area contributed by atoms with Crippen LogP contribution in [0, 0.1) is 5.82 Å². The number of amides is 2. The summed E-state index contributed by atoms with van der Waals surface area (Å²) in [6, 6.07) is 9.39. The molecule has 1 aliphatic heterocycles. The molecular weight excluding hydrogens is 417 g/mol. The molecule has 0 unspecified atom stereocenters. The van der Waals surface area contributed by atoms with E-state index in [2.05, 4.69) is 0 Å². The second kappa shape index (κ2) is 9.33. The Morgan fingerprint density at radius 2 is 1.86 bits per heavy atom. The quantitative estimate of drug-likeness (QED) is 0.536. The fraction of sp³-hybridized carbons (Fsp3) is 0.238. The molecule has 0 N–H and O–H groups in total. The maximum Gasteiger partial charge on any atom is 0.293 e. The van der Waals surface area contributed by atoms with Crippen LogP contribution >= 0.6 is 23.4 Å². The number of thioether (sulfide) groups is 1. The molecule has 1 aliphatic rings. The van der Waals surface area contributed by atoms with E-state index in [0.717, 1.165) is 16.7 Å². The number of imide groups is 1. The van der Waals surface area contributed by atoms with Gasteiger partial charge in [-0.15, -0.1) is 0 Å². The Balaban J connectivity index is 1.88. The first kappa shape index (κ1) is 21.2. The Morgan fingerprint density at radius 3 is 2.55 bits per heavy atom. The molecule has 2 aromatic carbocycles. The number of ether oxygens (including phenoxy) is 2. The summed E-state index contributed by atoms with van der Waals surface area (Å²) in [4.78, 5) is 26.3. The maximum atomic E-state index is 13.9. The first-order chi connectivity index (χ1) is 13.9. The number of halogens is 2. The second-order valence-electron chi connectivity index (χ2n) is 6.06. The molecule has 0 radical (unpaired) electrons. The summed E-state index contributed by atoms with van der Waals surface area (Å²) >= 11 is 7.11. The largest absolute Gasteiger partial charge is 0.490 e. The zero-order valence-electron chi connectivity index (χ0n) is 15.9. The van der Waals surface area contributed by atoms with Crippen LogP contribution in [0.5, 0.6) is 11.5 Å². The maximum absolute atomic E-state index is 13.9. The minimum absolute atomic E-state index is 0.122. The van der Waals surface area contributed by atoms with Crippen molar-refractivity contribution in [2.45, 2.75) is 20.4 Å². The van der Waals surface area contributed by atoms with Gasteiger partial charge in [0.2, 0.25) is 0 Å². The number of carbonyl (C=O) groups excluding carboxylic acids is 2. The Morgan fingerprint density at radius 1 is 1.14 bits per heavy atom. The van der Waals surface area contributed by atoms with Crippen molar-refractivity contribution < 1.29 is 23.5 Å². The summed E-state index contributed by atoms with van der Waals surface area (Å²) in [7, 11) is 0. The van der Waals surface area contributed by atoms with Crippen LogP contribution in [-0.4, -0.2) is 29.3 Å². The molecular formula is C21H19ClFNO4S. The summed E-state index contributed by atoms with van der Waals surface area (Å²) in [5, 5.41) is -0.110. The van der Waals surface area contributed by atoms with Crippen LogP contribution in [0.3, 0.4) is 0 Å². The molecule has 5 nitrogen and oxygen atoms in total. The Labute approximate surface area is 177 Å². The smallest absolute Gasteiger partial charge is 0.293 e. The summed E-state index contributed by atoms with van der Waals surface area (Å²) in [6.07, 6.45) is 1.57. The van der Waals surface area contributed by atoms with Crippen LogP contribution in [0.4, 0.5) is 9.18 Å². The van der Waals surface area contributed by atoms with Crippen molar-refractivity contribution in [3.05, 3.63) is 63.3 Å². The molecule has 0 aromatic heterocycles. The fourth-order valence-corrected chi connectivity index (χ4v) is 3.92. The van der Waals surface area contributed by atoms with E-state index in [4.69, 9.17) is 21.1 Å². The zero-order valence-corrected chi connectivity index (χ0v) is 17.5. The summed E-state index contributed by atoms with van der Waals surface area (Å²) in [5.41, 5.74) is 0.872. The molecule has 2 amide bonds. The topological polar surface area (TPSA) is 55.8 Å². The van der Waals surface area contributed by atoms with Gasteiger partial charge in [0.25, 0.3) is 11.1 Å². The van der Waals surface area contributed by atoms with E-state index in [-0.39, 0.29) is 17.0 Å².